The molecule has 0 saturated carbocycles. The highest BCUT2D eigenvalue weighted by molar-refractivity contribution is 6.32. The van der Waals surface area contributed by atoms with E-state index in [0.29, 0.717) is 22.2 Å². The summed E-state index contributed by atoms with van der Waals surface area (Å²) in [6.07, 6.45) is 1.24. The lowest BCUT2D eigenvalue weighted by Gasteiger charge is -2.28. The molecule has 0 aliphatic carbocycles. The van der Waals surface area contributed by atoms with Gasteiger partial charge in [-0.1, -0.05) is 24.6 Å². The van der Waals surface area contributed by atoms with Gasteiger partial charge in [-0.15, -0.1) is 0 Å². The number of anilines is 1. The van der Waals surface area contributed by atoms with Crippen LogP contribution in [0.25, 0.3) is 10.9 Å². The molecule has 32 heavy (non-hydrogen) atoms. The Morgan fingerprint density at radius 3 is 2.84 bits per heavy atom. The van der Waals surface area contributed by atoms with Crippen LogP contribution >= 0.6 is 11.6 Å². The number of methoxy groups -OCH3 is 1. The number of ether oxygens (including phenoxy) is 1. The van der Waals surface area contributed by atoms with Crippen LogP contribution in [0.15, 0.2) is 47.7 Å². The first-order valence-electron chi connectivity index (χ1n) is 10.5. The van der Waals surface area contributed by atoms with Crippen LogP contribution in [0.4, 0.5) is 5.69 Å². The Hall–Kier alpha value is -3.32. The van der Waals surface area contributed by atoms with Gasteiger partial charge in [0.05, 0.1) is 24.1 Å². The molecular weight excluding hydrogens is 428 g/mol. The second-order valence-corrected chi connectivity index (χ2v) is 8.27. The summed E-state index contributed by atoms with van der Waals surface area (Å²) in [5.74, 6) is 0.0749. The largest absolute Gasteiger partial charge is 0.495 e. The van der Waals surface area contributed by atoms with Crippen molar-refractivity contribution in [2.24, 2.45) is 0 Å². The van der Waals surface area contributed by atoms with E-state index in [1.807, 2.05) is 37.3 Å². The molecule has 0 spiro atoms. The molecule has 1 atom stereocenters. The predicted molar refractivity (Wildman–Crippen MR) is 125 cm³/mol. The van der Waals surface area contributed by atoms with Gasteiger partial charge in [-0.2, -0.15) is 5.10 Å². The number of halogens is 1. The molecule has 3 aromatic rings. The number of benzene rings is 2. The zero-order chi connectivity index (χ0) is 22.8. The summed E-state index contributed by atoms with van der Waals surface area (Å²) < 4.78 is 5.34. The van der Waals surface area contributed by atoms with Crippen LogP contribution in [0.5, 0.6) is 5.75 Å². The number of amides is 2. The molecule has 2 heterocycles. The number of nitrogens with one attached hydrogen (secondary N) is 3. The lowest BCUT2D eigenvalue weighted by atomic mass is 9.82. The van der Waals surface area contributed by atoms with E-state index in [4.69, 9.17) is 16.3 Å². The predicted octanol–water partition coefficient (Wildman–Crippen LogP) is 4.69. The van der Waals surface area contributed by atoms with E-state index in [0.717, 1.165) is 34.2 Å². The SMILES string of the molecule is CCc1[nH]nc2ccc(NC(=O)CC3=C(C)NC(=O)CC3c3ccc(Cl)c(OC)c3)cc12. The van der Waals surface area contributed by atoms with Gasteiger partial charge in [-0.05, 0) is 54.8 Å². The molecule has 0 fully saturated rings. The maximum atomic E-state index is 13.0. The van der Waals surface area contributed by atoms with Crippen molar-refractivity contribution in [3.8, 4) is 5.75 Å². The summed E-state index contributed by atoms with van der Waals surface area (Å²) in [6, 6.07) is 11.1. The molecule has 1 aliphatic rings. The Balaban J connectivity index is 1.58. The Morgan fingerprint density at radius 1 is 1.28 bits per heavy atom. The number of aryl methyl sites for hydroxylation is 1. The fourth-order valence-corrected chi connectivity index (χ4v) is 4.36. The lowest BCUT2D eigenvalue weighted by molar-refractivity contribution is -0.121. The normalized spacial score (nSPS) is 16.2. The molecule has 1 aromatic heterocycles. The van der Waals surface area contributed by atoms with Crippen LogP contribution in [0.3, 0.4) is 0 Å². The molecule has 1 unspecified atom stereocenters. The number of aromatic amines is 1. The number of carbonyl (C=O) groups is 2. The first-order valence-corrected chi connectivity index (χ1v) is 10.9. The molecule has 166 valence electrons. The third kappa shape index (κ3) is 4.34. The molecule has 2 aromatic carbocycles. The van der Waals surface area contributed by atoms with Crippen molar-refractivity contribution in [1.29, 1.82) is 0 Å². The summed E-state index contributed by atoms with van der Waals surface area (Å²) in [6.45, 7) is 3.88. The number of nitrogens with zero attached hydrogens (tertiary/aromatic N) is 1. The molecule has 2 amide bonds. The number of hydrogen-bond acceptors (Lipinski definition) is 4. The standard InChI is InChI=1S/C24H25ClN4O3/c1-4-20-18-10-15(6-8-21(18)29-28-20)27-24(31)11-16-13(2)26-23(30)12-17(16)14-5-7-19(25)22(9-14)32-3/h5-10,17H,4,11-12H2,1-3H3,(H,26,30)(H,27,31)(H,28,29). The van der Waals surface area contributed by atoms with E-state index in [1.54, 1.807) is 13.2 Å². The topological polar surface area (TPSA) is 96.1 Å². The van der Waals surface area contributed by atoms with Crippen molar-refractivity contribution in [1.82, 2.24) is 15.5 Å². The number of rotatable bonds is 6. The van der Waals surface area contributed by atoms with Crippen LogP contribution in [0.1, 0.15) is 43.9 Å². The highest BCUT2D eigenvalue weighted by Gasteiger charge is 2.29. The zero-order valence-electron chi connectivity index (χ0n) is 18.2. The Kier molecular flexibility index (Phi) is 6.19. The van der Waals surface area contributed by atoms with Crippen molar-refractivity contribution in [3.63, 3.8) is 0 Å². The number of aromatic nitrogens is 2. The van der Waals surface area contributed by atoms with Gasteiger partial charge < -0.3 is 15.4 Å². The first-order chi connectivity index (χ1) is 15.4. The van der Waals surface area contributed by atoms with Gasteiger partial charge in [0.2, 0.25) is 11.8 Å². The summed E-state index contributed by atoms with van der Waals surface area (Å²) in [7, 11) is 1.55. The van der Waals surface area contributed by atoms with E-state index >= 15 is 0 Å². The minimum absolute atomic E-state index is 0.0805. The van der Waals surface area contributed by atoms with Crippen LogP contribution in [-0.2, 0) is 16.0 Å². The smallest absolute Gasteiger partial charge is 0.228 e. The summed E-state index contributed by atoms with van der Waals surface area (Å²) in [4.78, 5) is 25.2. The quantitative estimate of drug-likeness (QED) is 0.505. The van der Waals surface area contributed by atoms with Gasteiger partial charge in [0, 0.05) is 34.8 Å². The van der Waals surface area contributed by atoms with Gasteiger partial charge in [-0.25, -0.2) is 0 Å². The van der Waals surface area contributed by atoms with Crippen LogP contribution < -0.4 is 15.4 Å². The van der Waals surface area contributed by atoms with Crippen LogP contribution in [-0.4, -0.2) is 29.1 Å². The maximum Gasteiger partial charge on any atom is 0.228 e. The average molecular weight is 453 g/mol. The molecule has 4 rings (SSSR count). The van der Waals surface area contributed by atoms with E-state index in [1.165, 1.54) is 0 Å². The molecule has 1 aliphatic heterocycles. The van der Waals surface area contributed by atoms with E-state index < -0.39 is 0 Å². The fourth-order valence-electron chi connectivity index (χ4n) is 4.17. The average Bonchev–Trinajstić information content (AvgIpc) is 3.18. The third-order valence-corrected chi connectivity index (χ3v) is 6.13. The second kappa shape index (κ2) is 9.04. The van der Waals surface area contributed by atoms with E-state index in [2.05, 4.69) is 27.8 Å². The summed E-state index contributed by atoms with van der Waals surface area (Å²) >= 11 is 6.17. The van der Waals surface area contributed by atoms with Crippen LogP contribution in [0.2, 0.25) is 5.02 Å². The van der Waals surface area contributed by atoms with Gasteiger partial charge in [0.1, 0.15) is 5.75 Å². The van der Waals surface area contributed by atoms with Crippen molar-refractivity contribution in [2.75, 3.05) is 12.4 Å². The molecule has 0 radical (unpaired) electrons. The van der Waals surface area contributed by atoms with Gasteiger partial charge in [-0.3, -0.25) is 14.7 Å². The van der Waals surface area contributed by atoms with Crippen molar-refractivity contribution in [3.05, 3.63) is 63.9 Å². The van der Waals surface area contributed by atoms with Gasteiger partial charge in [0.25, 0.3) is 0 Å². The Morgan fingerprint density at radius 2 is 2.09 bits per heavy atom. The highest BCUT2D eigenvalue weighted by Crippen LogP contribution is 2.38. The summed E-state index contributed by atoms with van der Waals surface area (Å²) in [5.41, 5.74) is 5.06. The third-order valence-electron chi connectivity index (χ3n) is 5.82. The maximum absolute atomic E-state index is 13.0. The van der Waals surface area contributed by atoms with Crippen molar-refractivity contribution in [2.45, 2.75) is 39.0 Å². The van der Waals surface area contributed by atoms with Crippen molar-refractivity contribution >= 4 is 40.0 Å². The van der Waals surface area contributed by atoms with Crippen LogP contribution in [0, 0.1) is 0 Å². The van der Waals surface area contributed by atoms with E-state index in [-0.39, 0.29) is 30.6 Å². The Labute approximate surface area is 191 Å². The summed E-state index contributed by atoms with van der Waals surface area (Å²) in [5, 5.41) is 14.7. The van der Waals surface area contributed by atoms with Crippen molar-refractivity contribution < 1.29 is 14.3 Å². The fraction of sp³-hybridized carbons (Fsp3) is 0.292. The number of hydrogen-bond donors (Lipinski definition) is 3. The highest BCUT2D eigenvalue weighted by atomic mass is 35.5. The van der Waals surface area contributed by atoms with Gasteiger partial charge in [0.15, 0.2) is 0 Å². The first kappa shape index (κ1) is 21.9. The van der Waals surface area contributed by atoms with Gasteiger partial charge >= 0.3 is 0 Å². The van der Waals surface area contributed by atoms with E-state index in [9.17, 15) is 9.59 Å². The number of allylic oxidation sites excluding steroid dienone is 1. The second-order valence-electron chi connectivity index (χ2n) is 7.86. The molecule has 7 nitrogen and oxygen atoms in total. The molecular formula is C24H25ClN4O3. The number of carbonyl (C=O) groups excluding carboxylic acids is 2. The minimum atomic E-state index is -0.233. The number of H-pyrrole nitrogens is 1. The zero-order valence-corrected chi connectivity index (χ0v) is 19.0. The molecule has 3 N–H and O–H groups in total. The minimum Gasteiger partial charge on any atom is -0.495 e. The number of fused-ring (bicyclic) bond motifs is 1. The molecule has 8 heteroatoms. The molecule has 0 bridgehead atoms. The monoisotopic (exact) mass is 452 g/mol. The Bertz CT molecular complexity index is 1230. The lowest BCUT2D eigenvalue weighted by Crippen LogP contribution is -2.32. The molecule has 0 saturated heterocycles.